The highest BCUT2D eigenvalue weighted by Crippen LogP contribution is 2.32. The van der Waals surface area contributed by atoms with Crippen molar-refractivity contribution in [1.82, 2.24) is 25.4 Å². The highest BCUT2D eigenvalue weighted by molar-refractivity contribution is 7.09. The topological polar surface area (TPSA) is 161 Å². The predicted molar refractivity (Wildman–Crippen MR) is 226 cm³/mol. The standard InChI is InChI=1S/C44H69N5O7S/c1-10-30(7)39(47-41(52)36-17-13-14-22-48(36)9)43(53)49(23-15-12-16-28(3)4)37(29(5)6)26-38(56-11-2)42-46-35(27-57-42)40(51)45-33(24-31(8)44(54)55)25-32-18-20-34(50)21-19-32/h12,15,18-21,27-31,33,36-39,50H,10-11,13-14,16-17,22-26H2,1-9H3,(H,45,51)(H,47,52)(H,54,55)/b15-12+/t30-,31-,33+,36+,37+,38+,39-/m0/s1. The average molecular weight is 812 g/mol. The fourth-order valence-corrected chi connectivity index (χ4v) is 8.18. The van der Waals surface area contributed by atoms with Gasteiger partial charge in [-0.05, 0) is 88.1 Å². The quantitative estimate of drug-likeness (QED) is 0.0849. The summed E-state index contributed by atoms with van der Waals surface area (Å²) in [6.07, 6.45) is 9.08. The van der Waals surface area contributed by atoms with Gasteiger partial charge in [-0.1, -0.05) is 85.6 Å². The van der Waals surface area contributed by atoms with Gasteiger partial charge < -0.3 is 30.5 Å². The highest BCUT2D eigenvalue weighted by Gasteiger charge is 2.38. The molecule has 0 saturated carbocycles. The minimum atomic E-state index is -0.951. The molecule has 12 nitrogen and oxygen atoms in total. The number of allylic oxidation sites excluding steroid dienone is 1. The number of piperidine rings is 1. The molecular formula is C44H69N5O7S. The lowest BCUT2D eigenvalue weighted by Crippen LogP contribution is -2.58. The summed E-state index contributed by atoms with van der Waals surface area (Å²) in [6.45, 7) is 17.7. The number of carboxylic acid groups (broad SMARTS) is 1. The summed E-state index contributed by atoms with van der Waals surface area (Å²) in [5.74, 6) is -1.77. The molecule has 4 N–H and O–H groups in total. The molecule has 1 fully saturated rings. The van der Waals surface area contributed by atoms with Crippen molar-refractivity contribution in [3.63, 3.8) is 0 Å². The first-order valence-electron chi connectivity index (χ1n) is 20.9. The van der Waals surface area contributed by atoms with Gasteiger partial charge in [-0.2, -0.15) is 0 Å². The zero-order valence-electron chi connectivity index (χ0n) is 35.7. The van der Waals surface area contributed by atoms with Crippen molar-refractivity contribution in [2.75, 3.05) is 26.7 Å². The van der Waals surface area contributed by atoms with Crippen LogP contribution in [0.5, 0.6) is 5.75 Å². The molecule has 0 unspecified atom stereocenters. The van der Waals surface area contributed by atoms with Crippen LogP contribution in [-0.2, 0) is 25.5 Å². The Balaban J connectivity index is 1.91. The van der Waals surface area contributed by atoms with E-state index >= 15 is 0 Å². The third kappa shape index (κ3) is 14.8. The zero-order valence-corrected chi connectivity index (χ0v) is 36.5. The van der Waals surface area contributed by atoms with E-state index in [1.54, 1.807) is 36.6 Å². The van der Waals surface area contributed by atoms with Gasteiger partial charge in [-0.15, -0.1) is 11.3 Å². The summed E-state index contributed by atoms with van der Waals surface area (Å²) in [7, 11) is 1.97. The molecule has 2 heterocycles. The van der Waals surface area contributed by atoms with Crippen molar-refractivity contribution in [1.29, 1.82) is 0 Å². The second-order valence-electron chi connectivity index (χ2n) is 16.5. The minimum absolute atomic E-state index is 0.0211. The molecule has 0 bridgehead atoms. The van der Waals surface area contributed by atoms with Gasteiger partial charge in [0.15, 0.2) is 0 Å². The minimum Gasteiger partial charge on any atom is -0.508 e. The molecular weight excluding hydrogens is 743 g/mol. The van der Waals surface area contributed by atoms with Crippen molar-refractivity contribution >= 4 is 35.0 Å². The maximum atomic E-state index is 14.9. The fraction of sp³-hybridized carbons (Fsp3) is 0.659. The summed E-state index contributed by atoms with van der Waals surface area (Å²) < 4.78 is 6.32. The summed E-state index contributed by atoms with van der Waals surface area (Å²) in [4.78, 5) is 62.8. The van der Waals surface area contributed by atoms with Gasteiger partial charge in [0.2, 0.25) is 11.8 Å². The van der Waals surface area contributed by atoms with Crippen LogP contribution in [0.4, 0.5) is 0 Å². The second-order valence-corrected chi connectivity index (χ2v) is 17.4. The number of aromatic nitrogens is 1. The monoisotopic (exact) mass is 811 g/mol. The lowest BCUT2D eigenvalue weighted by Gasteiger charge is -2.40. The number of benzene rings is 1. The van der Waals surface area contributed by atoms with Crippen LogP contribution in [0.2, 0.25) is 0 Å². The van der Waals surface area contributed by atoms with E-state index in [9.17, 15) is 29.4 Å². The molecule has 0 radical (unpaired) electrons. The number of ether oxygens (including phenoxy) is 1. The predicted octanol–water partition coefficient (Wildman–Crippen LogP) is 7.24. The molecule has 57 heavy (non-hydrogen) atoms. The Labute approximate surface area is 344 Å². The first-order chi connectivity index (χ1) is 27.1. The van der Waals surface area contributed by atoms with Crippen LogP contribution < -0.4 is 10.6 Å². The Morgan fingerprint density at radius 2 is 1.72 bits per heavy atom. The van der Waals surface area contributed by atoms with Gasteiger partial charge in [0, 0.05) is 37.0 Å². The molecule has 1 aliphatic rings. The van der Waals surface area contributed by atoms with E-state index in [-0.39, 0.29) is 53.6 Å². The van der Waals surface area contributed by atoms with Crippen molar-refractivity contribution in [2.24, 2.45) is 23.7 Å². The Kier molecular flexibility index (Phi) is 19.7. The van der Waals surface area contributed by atoms with Crippen molar-refractivity contribution in [3.05, 3.63) is 58.1 Å². The number of thiazole rings is 1. The van der Waals surface area contributed by atoms with E-state index in [4.69, 9.17) is 9.72 Å². The van der Waals surface area contributed by atoms with E-state index in [1.165, 1.54) is 11.3 Å². The third-order valence-electron chi connectivity index (χ3n) is 11.0. The number of phenolic OH excluding ortho intramolecular Hbond substituents is 1. The molecule has 0 spiro atoms. The van der Waals surface area contributed by atoms with Crippen molar-refractivity contribution < 1.29 is 34.1 Å². The number of amides is 3. The summed E-state index contributed by atoms with van der Waals surface area (Å²) in [6, 6.07) is 4.89. The first-order valence-corrected chi connectivity index (χ1v) is 21.8. The van der Waals surface area contributed by atoms with Gasteiger partial charge in [0.05, 0.1) is 12.0 Å². The van der Waals surface area contributed by atoms with Crippen molar-refractivity contribution in [3.8, 4) is 5.75 Å². The Bertz CT molecular complexity index is 1600. The Morgan fingerprint density at radius 1 is 1.02 bits per heavy atom. The first kappa shape index (κ1) is 47.6. The normalized spacial score (nSPS) is 18.2. The van der Waals surface area contributed by atoms with Gasteiger partial charge in [-0.3, -0.25) is 24.1 Å². The number of aliphatic carboxylic acids is 1. The number of hydrogen-bond donors (Lipinski definition) is 4. The molecule has 1 aliphatic heterocycles. The number of likely N-dealkylation sites (N-methyl/N-ethyl adjacent to an activating group) is 1. The molecule has 3 amide bonds. The number of nitrogens with one attached hydrogen (secondary N) is 2. The lowest BCUT2D eigenvalue weighted by molar-refractivity contribution is -0.142. The van der Waals surface area contributed by atoms with Gasteiger partial charge in [-0.25, -0.2) is 4.98 Å². The van der Waals surface area contributed by atoms with Gasteiger partial charge in [0.25, 0.3) is 5.91 Å². The second kappa shape index (κ2) is 23.6. The van der Waals surface area contributed by atoms with E-state index in [1.807, 2.05) is 32.7 Å². The smallest absolute Gasteiger partial charge is 0.306 e. The average Bonchev–Trinajstić information content (AvgIpc) is 3.67. The number of carbonyl (C=O) groups is 4. The van der Waals surface area contributed by atoms with Gasteiger partial charge >= 0.3 is 5.97 Å². The van der Waals surface area contributed by atoms with E-state index < -0.39 is 36.0 Å². The number of aromatic hydroxyl groups is 1. The Hall–Kier alpha value is -3.81. The van der Waals surface area contributed by atoms with Crippen LogP contribution in [0.3, 0.4) is 0 Å². The SMILES string of the molecule is CCO[C@H](C[C@H](C(C)C)N(C/C=C/CC(C)C)C(=O)[C@@H](NC(=O)[C@H]1CCCCN1C)[C@@H](C)CC)c1nc(C(=O)N[C@@H](Cc2ccc(O)cc2)C[C@H](C)C(=O)O)cs1. The molecule has 2 aromatic rings. The van der Waals surface area contributed by atoms with Gasteiger partial charge in [0.1, 0.15) is 28.6 Å². The van der Waals surface area contributed by atoms with Crippen molar-refractivity contribution in [2.45, 2.75) is 137 Å². The molecule has 1 aromatic heterocycles. The van der Waals surface area contributed by atoms with Crippen LogP contribution >= 0.6 is 11.3 Å². The number of carbonyl (C=O) groups excluding carboxylic acids is 3. The molecule has 13 heteroatoms. The largest absolute Gasteiger partial charge is 0.508 e. The fourth-order valence-electron chi connectivity index (χ4n) is 7.32. The van der Waals surface area contributed by atoms with E-state index in [2.05, 4.69) is 55.4 Å². The third-order valence-corrected chi connectivity index (χ3v) is 12.0. The zero-order chi connectivity index (χ0) is 42.2. The summed E-state index contributed by atoms with van der Waals surface area (Å²) in [5.41, 5.74) is 1.05. The molecule has 1 aromatic carbocycles. The number of likely N-dealkylation sites (tertiary alicyclic amines) is 1. The maximum absolute atomic E-state index is 14.9. The van der Waals surface area contributed by atoms with E-state index in [0.717, 1.165) is 44.2 Å². The summed E-state index contributed by atoms with van der Waals surface area (Å²) >= 11 is 1.32. The molecule has 0 aliphatic carbocycles. The van der Waals surface area contributed by atoms with Crippen LogP contribution in [-0.4, -0.2) is 99.6 Å². The lowest BCUT2D eigenvalue weighted by atomic mass is 9.92. The highest BCUT2D eigenvalue weighted by atomic mass is 32.1. The maximum Gasteiger partial charge on any atom is 0.306 e. The number of carboxylic acids is 1. The number of nitrogens with zero attached hydrogens (tertiary/aromatic N) is 3. The summed E-state index contributed by atoms with van der Waals surface area (Å²) in [5, 5.41) is 27.9. The van der Waals surface area contributed by atoms with Crippen LogP contribution in [0.15, 0.2) is 41.8 Å². The number of hydrogen-bond acceptors (Lipinski definition) is 9. The molecule has 7 atom stereocenters. The molecule has 1 saturated heterocycles. The number of phenols is 1. The van der Waals surface area contributed by atoms with E-state index in [0.29, 0.717) is 36.9 Å². The van der Waals surface area contributed by atoms with Crippen LogP contribution in [0.1, 0.15) is 127 Å². The Morgan fingerprint density at radius 3 is 2.32 bits per heavy atom. The molecule has 318 valence electrons. The van der Waals surface area contributed by atoms with Crippen LogP contribution in [0, 0.1) is 23.7 Å². The number of rotatable bonds is 23. The molecule has 3 rings (SSSR count). The van der Waals surface area contributed by atoms with Crippen LogP contribution in [0.25, 0.3) is 0 Å².